The second kappa shape index (κ2) is 4.45. The number of alkyl halides is 2. The fourth-order valence-corrected chi connectivity index (χ4v) is 1.40. The molecule has 0 atom stereocenters. The number of hydrogen-bond acceptors (Lipinski definition) is 3. The van der Waals surface area contributed by atoms with Crippen LogP contribution in [0.4, 0.5) is 8.78 Å². The average Bonchev–Trinajstić information content (AvgIpc) is 2.17. The van der Waals surface area contributed by atoms with Crippen molar-refractivity contribution in [1.29, 1.82) is 0 Å². The summed E-state index contributed by atoms with van der Waals surface area (Å²) in [4.78, 5) is 14.2. The van der Waals surface area contributed by atoms with E-state index < -0.39 is 12.0 Å². The molecule has 0 amide bonds. The minimum absolute atomic E-state index is 0.133. The molecule has 0 radical (unpaired) electrons. The zero-order chi connectivity index (χ0) is 10.7. The molecule has 6 heteroatoms. The van der Waals surface area contributed by atoms with Crippen LogP contribution < -0.4 is 4.74 Å². The molecular weight excluding hydrogens is 260 g/mol. The van der Waals surface area contributed by atoms with E-state index in [0.29, 0.717) is 6.29 Å². The van der Waals surface area contributed by atoms with Gasteiger partial charge in [-0.3, -0.25) is 4.79 Å². The summed E-state index contributed by atoms with van der Waals surface area (Å²) < 4.78 is 29.9. The van der Waals surface area contributed by atoms with E-state index in [1.165, 1.54) is 13.3 Å². The Morgan fingerprint density at radius 1 is 1.64 bits per heavy atom. The van der Waals surface area contributed by atoms with E-state index in [-0.39, 0.29) is 15.9 Å². The van der Waals surface area contributed by atoms with E-state index in [1.807, 2.05) is 0 Å². The van der Waals surface area contributed by atoms with E-state index >= 15 is 0 Å². The van der Waals surface area contributed by atoms with E-state index in [0.717, 1.165) is 0 Å². The van der Waals surface area contributed by atoms with E-state index in [1.54, 1.807) is 0 Å². The first-order valence-corrected chi connectivity index (χ1v) is 4.36. The summed E-state index contributed by atoms with van der Waals surface area (Å²) in [6.45, 7) is 0. The zero-order valence-electron chi connectivity index (χ0n) is 7.13. The summed E-state index contributed by atoms with van der Waals surface area (Å²) in [7, 11) is 1.22. The largest absolute Gasteiger partial charge is 0.481 e. The number of ether oxygens (including phenoxy) is 1. The highest BCUT2D eigenvalue weighted by atomic mass is 79.9. The van der Waals surface area contributed by atoms with Crippen LogP contribution in [0, 0.1) is 0 Å². The van der Waals surface area contributed by atoms with Crippen molar-refractivity contribution in [2.45, 2.75) is 6.43 Å². The van der Waals surface area contributed by atoms with Crippen LogP contribution in [0.5, 0.6) is 5.88 Å². The molecule has 1 rings (SSSR count). The molecule has 0 aromatic carbocycles. The number of pyridine rings is 1. The van der Waals surface area contributed by atoms with Crippen molar-refractivity contribution >= 4 is 22.2 Å². The molecule has 1 heterocycles. The Kier molecular flexibility index (Phi) is 3.51. The number of carbonyl (C=O) groups excluding carboxylic acids is 1. The van der Waals surface area contributed by atoms with Gasteiger partial charge in [0.15, 0.2) is 6.29 Å². The maximum absolute atomic E-state index is 12.5. The van der Waals surface area contributed by atoms with Crippen LogP contribution in [-0.4, -0.2) is 18.4 Å². The van der Waals surface area contributed by atoms with Gasteiger partial charge in [-0.05, 0) is 15.9 Å². The Bertz CT molecular complexity index is 357. The van der Waals surface area contributed by atoms with Gasteiger partial charge in [-0.2, -0.15) is 0 Å². The first-order valence-electron chi connectivity index (χ1n) is 3.57. The quantitative estimate of drug-likeness (QED) is 0.789. The van der Waals surface area contributed by atoms with Crippen molar-refractivity contribution in [1.82, 2.24) is 4.98 Å². The van der Waals surface area contributed by atoms with Crippen molar-refractivity contribution < 1.29 is 18.3 Å². The van der Waals surface area contributed by atoms with Gasteiger partial charge in [0.2, 0.25) is 5.88 Å². The summed E-state index contributed by atoms with van der Waals surface area (Å²) in [5.41, 5.74) is -0.622. The lowest BCUT2D eigenvalue weighted by atomic mass is 10.1. The standard InChI is InChI=1S/C8H6BrF2NO2/c1-14-8-6(7(10)11)4(3-13)5(9)2-12-8/h2-3,7H,1H3. The van der Waals surface area contributed by atoms with Gasteiger partial charge in [0.1, 0.15) is 0 Å². The minimum Gasteiger partial charge on any atom is -0.481 e. The Balaban J connectivity index is 3.43. The smallest absolute Gasteiger partial charge is 0.269 e. The molecule has 0 N–H and O–H groups in total. The van der Waals surface area contributed by atoms with Gasteiger partial charge >= 0.3 is 0 Å². The normalized spacial score (nSPS) is 10.4. The van der Waals surface area contributed by atoms with Crippen molar-refractivity contribution in [2.75, 3.05) is 7.11 Å². The molecule has 0 aliphatic carbocycles. The van der Waals surface area contributed by atoms with Crippen LogP contribution >= 0.6 is 15.9 Å². The molecular formula is C8H6BrF2NO2. The third-order valence-corrected chi connectivity index (χ3v) is 2.23. The molecule has 0 aliphatic rings. The van der Waals surface area contributed by atoms with Gasteiger partial charge in [0.05, 0.1) is 12.7 Å². The van der Waals surface area contributed by atoms with Crippen molar-refractivity contribution in [3.05, 3.63) is 21.8 Å². The molecule has 0 fully saturated rings. The van der Waals surface area contributed by atoms with Gasteiger partial charge in [0, 0.05) is 16.2 Å². The number of aromatic nitrogens is 1. The van der Waals surface area contributed by atoms with Gasteiger partial charge in [-0.25, -0.2) is 13.8 Å². The number of aldehydes is 1. The van der Waals surface area contributed by atoms with Crippen molar-refractivity contribution in [3.8, 4) is 5.88 Å². The number of nitrogens with zero attached hydrogens (tertiary/aromatic N) is 1. The molecule has 0 saturated heterocycles. The second-order valence-corrected chi connectivity index (χ2v) is 3.22. The Labute approximate surface area is 87.2 Å². The first-order chi connectivity index (χ1) is 6.61. The molecule has 76 valence electrons. The number of methoxy groups -OCH3 is 1. The van der Waals surface area contributed by atoms with Crippen LogP contribution in [0.1, 0.15) is 22.3 Å². The summed E-state index contributed by atoms with van der Waals surface area (Å²) in [6, 6.07) is 0. The highest BCUT2D eigenvalue weighted by molar-refractivity contribution is 9.10. The topological polar surface area (TPSA) is 39.2 Å². The van der Waals surface area contributed by atoms with Gasteiger partial charge in [-0.15, -0.1) is 0 Å². The lowest BCUT2D eigenvalue weighted by Crippen LogP contribution is -2.01. The molecule has 0 bridgehead atoms. The third-order valence-electron chi connectivity index (χ3n) is 1.60. The summed E-state index contributed by atoms with van der Waals surface area (Å²) in [5, 5.41) is 0. The van der Waals surface area contributed by atoms with Crippen LogP contribution in [0.2, 0.25) is 0 Å². The number of rotatable bonds is 3. The maximum atomic E-state index is 12.5. The fourth-order valence-electron chi connectivity index (χ4n) is 0.992. The van der Waals surface area contributed by atoms with Gasteiger partial charge in [-0.1, -0.05) is 0 Å². The predicted molar refractivity (Wildman–Crippen MR) is 48.8 cm³/mol. The summed E-state index contributed by atoms with van der Waals surface area (Å²) >= 11 is 2.96. The highest BCUT2D eigenvalue weighted by Gasteiger charge is 2.21. The van der Waals surface area contributed by atoms with E-state index in [2.05, 4.69) is 25.7 Å². The average molecular weight is 266 g/mol. The molecule has 0 aliphatic heterocycles. The number of halogens is 3. The lowest BCUT2D eigenvalue weighted by Gasteiger charge is -2.09. The minimum atomic E-state index is -2.80. The molecule has 1 aromatic heterocycles. The Morgan fingerprint density at radius 3 is 2.71 bits per heavy atom. The first kappa shape index (κ1) is 11.0. The Morgan fingerprint density at radius 2 is 2.29 bits per heavy atom. The Hall–Kier alpha value is -1.04. The summed E-state index contributed by atoms with van der Waals surface area (Å²) in [5.74, 6) is -0.231. The monoisotopic (exact) mass is 265 g/mol. The van der Waals surface area contributed by atoms with Crippen LogP contribution in [0.3, 0.4) is 0 Å². The molecule has 0 spiro atoms. The SMILES string of the molecule is COc1ncc(Br)c(C=O)c1C(F)F. The predicted octanol–water partition coefficient (Wildman–Crippen LogP) is 2.60. The highest BCUT2D eigenvalue weighted by Crippen LogP contribution is 2.33. The number of hydrogen-bond donors (Lipinski definition) is 0. The third kappa shape index (κ3) is 1.89. The van der Waals surface area contributed by atoms with Gasteiger partial charge < -0.3 is 4.74 Å². The van der Waals surface area contributed by atoms with Crippen molar-refractivity contribution in [2.24, 2.45) is 0 Å². The zero-order valence-corrected chi connectivity index (χ0v) is 8.72. The summed E-state index contributed by atoms with van der Waals surface area (Å²) in [6.07, 6.45) is -1.21. The van der Waals surface area contributed by atoms with Crippen molar-refractivity contribution in [3.63, 3.8) is 0 Å². The van der Waals surface area contributed by atoms with Crippen LogP contribution in [0.25, 0.3) is 0 Å². The maximum Gasteiger partial charge on any atom is 0.269 e. The van der Waals surface area contributed by atoms with E-state index in [4.69, 9.17) is 0 Å². The molecule has 0 unspecified atom stereocenters. The van der Waals surface area contributed by atoms with E-state index in [9.17, 15) is 13.6 Å². The van der Waals surface area contributed by atoms with Crippen LogP contribution in [0.15, 0.2) is 10.7 Å². The second-order valence-electron chi connectivity index (χ2n) is 2.36. The van der Waals surface area contributed by atoms with Gasteiger partial charge in [0.25, 0.3) is 6.43 Å². The number of carbonyl (C=O) groups is 1. The molecule has 1 aromatic rings. The fraction of sp³-hybridized carbons (Fsp3) is 0.250. The molecule has 3 nitrogen and oxygen atoms in total. The lowest BCUT2D eigenvalue weighted by molar-refractivity contribution is 0.110. The molecule has 14 heavy (non-hydrogen) atoms. The molecule has 0 saturated carbocycles. The van der Waals surface area contributed by atoms with Crippen LogP contribution in [-0.2, 0) is 0 Å².